The minimum Gasteiger partial charge on any atom is -0.348 e. The van der Waals surface area contributed by atoms with Crippen LogP contribution in [0.4, 0.5) is 0 Å². The van der Waals surface area contributed by atoms with E-state index in [2.05, 4.69) is 55.3 Å². The number of hydrogen-bond acceptors (Lipinski definition) is 8. The first-order valence-electron chi connectivity index (χ1n) is 16.0. The van der Waals surface area contributed by atoms with Crippen LogP contribution < -0.4 is 10.6 Å². The molecule has 5 rings (SSSR count). The summed E-state index contributed by atoms with van der Waals surface area (Å²) in [5.41, 5.74) is 4.33. The Kier molecular flexibility index (Phi) is 11.2. The van der Waals surface area contributed by atoms with Gasteiger partial charge in [0.1, 0.15) is 5.65 Å². The molecule has 0 fully saturated rings. The van der Waals surface area contributed by atoms with Gasteiger partial charge in [0.2, 0.25) is 12.3 Å². The van der Waals surface area contributed by atoms with Crippen LogP contribution >= 0.6 is 0 Å². The Morgan fingerprint density at radius 2 is 1.76 bits per heavy atom. The highest BCUT2D eigenvalue weighted by Crippen LogP contribution is 2.27. The average molecular weight is 662 g/mol. The Bertz CT molecular complexity index is 1940. The summed E-state index contributed by atoms with van der Waals surface area (Å²) in [6.45, 7) is 4.23. The van der Waals surface area contributed by atoms with Crippen molar-refractivity contribution in [3.05, 3.63) is 107 Å². The van der Waals surface area contributed by atoms with Gasteiger partial charge in [-0.15, -0.1) is 0 Å². The fraction of sp³-hybridized carbons (Fsp3) is 0.270. The maximum Gasteiger partial charge on any atom is 0.254 e. The molecule has 0 aliphatic carbocycles. The molecule has 0 saturated carbocycles. The van der Waals surface area contributed by atoms with Gasteiger partial charge in [-0.3, -0.25) is 39.2 Å². The normalized spacial score (nSPS) is 11.8. The zero-order valence-corrected chi connectivity index (χ0v) is 27.8. The lowest BCUT2D eigenvalue weighted by molar-refractivity contribution is -0.125. The predicted octanol–water partition coefficient (Wildman–Crippen LogP) is 3.97. The Morgan fingerprint density at radius 3 is 2.51 bits per heavy atom. The number of aromatic nitrogens is 3. The summed E-state index contributed by atoms with van der Waals surface area (Å²) in [6, 6.07) is 20.3. The zero-order chi connectivity index (χ0) is 34.9. The molecule has 252 valence electrons. The van der Waals surface area contributed by atoms with E-state index in [9.17, 15) is 24.0 Å². The van der Waals surface area contributed by atoms with Crippen molar-refractivity contribution in [1.82, 2.24) is 35.0 Å². The van der Waals surface area contributed by atoms with E-state index < -0.39 is 17.7 Å². The van der Waals surface area contributed by atoms with Crippen molar-refractivity contribution in [3.63, 3.8) is 0 Å². The predicted molar refractivity (Wildman–Crippen MR) is 186 cm³/mol. The van der Waals surface area contributed by atoms with Crippen LogP contribution in [-0.2, 0) is 29.2 Å². The highest BCUT2D eigenvalue weighted by Gasteiger charge is 2.22. The molecule has 1 atom stereocenters. The van der Waals surface area contributed by atoms with Crippen LogP contribution in [0, 0.1) is 0 Å². The second kappa shape index (κ2) is 15.9. The first-order valence-corrected chi connectivity index (χ1v) is 16.0. The standard InChI is InChI=1S/C37H39N7O5/c1-25(10-15-34(47)41-24-46)43(3)37(49)30-14-12-27(19-28(30)23-45)36(48)40-21-26-11-13-29(39-20-26)22-42(2)17-18-44-33-9-5-4-7-31(33)32-8-6-16-38-35(32)44/h4-9,11-14,16,19-20,23-25H,10,15,17-18,21-22H2,1-3H3,(H,40,48)(H,41,46,47). The summed E-state index contributed by atoms with van der Waals surface area (Å²) in [7, 11) is 3.63. The molecular weight excluding hydrogens is 622 g/mol. The van der Waals surface area contributed by atoms with Gasteiger partial charge in [0.25, 0.3) is 11.8 Å². The van der Waals surface area contributed by atoms with E-state index in [-0.39, 0.29) is 35.7 Å². The van der Waals surface area contributed by atoms with E-state index >= 15 is 0 Å². The van der Waals surface area contributed by atoms with Crippen LogP contribution in [0.15, 0.2) is 79.1 Å². The van der Waals surface area contributed by atoms with Crippen molar-refractivity contribution in [2.75, 3.05) is 20.6 Å². The molecule has 2 aromatic carbocycles. The molecule has 0 saturated heterocycles. The number of carbonyl (C=O) groups is 5. The van der Waals surface area contributed by atoms with Crippen molar-refractivity contribution in [2.24, 2.45) is 0 Å². The molecule has 0 aliphatic heterocycles. The number of hydrogen-bond donors (Lipinski definition) is 2. The molecule has 4 amide bonds. The Balaban J connectivity index is 1.13. The van der Waals surface area contributed by atoms with E-state index in [0.717, 1.165) is 40.9 Å². The van der Waals surface area contributed by atoms with Gasteiger partial charge in [-0.1, -0.05) is 24.3 Å². The van der Waals surface area contributed by atoms with Crippen LogP contribution in [0.2, 0.25) is 0 Å². The number of para-hydroxylation sites is 1. The number of rotatable bonds is 15. The van der Waals surface area contributed by atoms with E-state index in [1.807, 2.05) is 36.5 Å². The molecule has 12 heteroatoms. The lowest BCUT2D eigenvalue weighted by atomic mass is 10.0. The molecule has 0 spiro atoms. The second-order valence-electron chi connectivity index (χ2n) is 12.0. The highest BCUT2D eigenvalue weighted by molar-refractivity contribution is 6.06. The van der Waals surface area contributed by atoms with Gasteiger partial charge >= 0.3 is 0 Å². The number of nitrogens with zero attached hydrogens (tertiary/aromatic N) is 5. The van der Waals surface area contributed by atoms with Crippen LogP contribution in [-0.4, -0.2) is 81.4 Å². The Labute approximate surface area is 284 Å². The fourth-order valence-electron chi connectivity index (χ4n) is 5.72. The van der Waals surface area contributed by atoms with E-state index in [0.29, 0.717) is 25.7 Å². The SMILES string of the molecule is CC(CCC(=O)NC=O)N(C)C(=O)c1ccc(C(=O)NCc2ccc(CN(C)CCn3c4ccccc4c4cccnc43)nc2)cc1C=O. The number of benzene rings is 2. The Hall–Kier alpha value is -5.75. The summed E-state index contributed by atoms with van der Waals surface area (Å²) < 4.78 is 2.26. The number of pyridine rings is 2. The van der Waals surface area contributed by atoms with Crippen LogP contribution in [0.25, 0.3) is 21.9 Å². The molecular formula is C37H39N7O5. The van der Waals surface area contributed by atoms with E-state index in [1.54, 1.807) is 20.2 Å². The molecule has 3 heterocycles. The third-order valence-corrected chi connectivity index (χ3v) is 8.67. The van der Waals surface area contributed by atoms with Gasteiger partial charge < -0.3 is 14.8 Å². The third kappa shape index (κ3) is 8.22. The molecule has 5 aromatic rings. The van der Waals surface area contributed by atoms with E-state index in [1.165, 1.54) is 28.5 Å². The maximum atomic E-state index is 13.1. The number of aldehydes is 1. The fourth-order valence-corrected chi connectivity index (χ4v) is 5.72. The second-order valence-corrected chi connectivity index (χ2v) is 12.0. The molecule has 0 aliphatic rings. The van der Waals surface area contributed by atoms with Crippen molar-refractivity contribution >= 4 is 52.4 Å². The van der Waals surface area contributed by atoms with Crippen LogP contribution in [0.1, 0.15) is 62.1 Å². The quantitative estimate of drug-likeness (QED) is 0.160. The molecule has 49 heavy (non-hydrogen) atoms. The van der Waals surface area contributed by atoms with Gasteiger partial charge in [-0.05, 0) is 68.4 Å². The van der Waals surface area contributed by atoms with Gasteiger partial charge in [-0.2, -0.15) is 0 Å². The molecule has 1 unspecified atom stereocenters. The molecule has 12 nitrogen and oxygen atoms in total. The number of nitrogens with one attached hydrogen (secondary N) is 2. The summed E-state index contributed by atoms with van der Waals surface area (Å²) >= 11 is 0. The number of amides is 4. The van der Waals surface area contributed by atoms with Crippen LogP contribution in [0.3, 0.4) is 0 Å². The van der Waals surface area contributed by atoms with Crippen molar-refractivity contribution in [1.29, 1.82) is 0 Å². The van der Waals surface area contributed by atoms with E-state index in [4.69, 9.17) is 0 Å². The topological polar surface area (TPSA) is 147 Å². The molecule has 0 bridgehead atoms. The number of imide groups is 1. The van der Waals surface area contributed by atoms with Crippen molar-refractivity contribution < 1.29 is 24.0 Å². The summed E-state index contributed by atoms with van der Waals surface area (Å²) in [4.78, 5) is 72.8. The first kappa shape index (κ1) is 34.6. The summed E-state index contributed by atoms with van der Waals surface area (Å²) in [5, 5.41) is 7.26. The monoisotopic (exact) mass is 661 g/mol. The zero-order valence-electron chi connectivity index (χ0n) is 27.8. The van der Waals surface area contributed by atoms with Crippen LogP contribution in [0.5, 0.6) is 0 Å². The van der Waals surface area contributed by atoms with Gasteiger partial charge in [-0.25, -0.2) is 4.98 Å². The molecule has 0 radical (unpaired) electrons. The number of carbonyl (C=O) groups excluding carboxylic acids is 5. The highest BCUT2D eigenvalue weighted by atomic mass is 16.2. The molecule has 3 aromatic heterocycles. The number of fused-ring (bicyclic) bond motifs is 3. The van der Waals surface area contributed by atoms with Crippen molar-refractivity contribution in [3.8, 4) is 0 Å². The smallest absolute Gasteiger partial charge is 0.254 e. The average Bonchev–Trinajstić information content (AvgIpc) is 3.45. The minimum absolute atomic E-state index is 0.0646. The van der Waals surface area contributed by atoms with Gasteiger partial charge in [0, 0.05) is 80.0 Å². The first-order chi connectivity index (χ1) is 23.7. The van der Waals surface area contributed by atoms with Crippen molar-refractivity contribution in [2.45, 2.75) is 45.4 Å². The molecule has 2 N–H and O–H groups in total. The third-order valence-electron chi connectivity index (χ3n) is 8.67. The summed E-state index contributed by atoms with van der Waals surface area (Å²) in [6.07, 6.45) is 4.81. The largest absolute Gasteiger partial charge is 0.348 e. The Morgan fingerprint density at radius 1 is 0.959 bits per heavy atom. The maximum absolute atomic E-state index is 13.1. The van der Waals surface area contributed by atoms with Gasteiger partial charge in [0.15, 0.2) is 6.29 Å². The summed E-state index contributed by atoms with van der Waals surface area (Å²) in [5.74, 6) is -1.25. The van der Waals surface area contributed by atoms with Gasteiger partial charge in [0.05, 0.1) is 16.8 Å². The lowest BCUT2D eigenvalue weighted by Crippen LogP contribution is -2.36. The lowest BCUT2D eigenvalue weighted by Gasteiger charge is -2.25. The number of likely N-dealkylation sites (N-methyl/N-ethyl adjacent to an activating group) is 1. The minimum atomic E-state index is -0.438.